The quantitative estimate of drug-likeness (QED) is 0.871. The number of ether oxygens (including phenoxy) is 1. The third kappa shape index (κ3) is 4.54. The highest BCUT2D eigenvalue weighted by molar-refractivity contribution is 7.14. The Hall–Kier alpha value is -1.47. The van der Waals surface area contributed by atoms with Crippen LogP contribution in [0.5, 0.6) is 0 Å². The minimum Gasteiger partial charge on any atom is -0.364 e. The van der Waals surface area contributed by atoms with Crippen molar-refractivity contribution in [3.8, 4) is 11.3 Å². The molecule has 1 aliphatic rings. The molecule has 7 heteroatoms. The Bertz CT molecular complexity index is 694. The minimum absolute atomic E-state index is 0.0108. The predicted octanol–water partition coefficient (Wildman–Crippen LogP) is 2.09. The molecule has 1 fully saturated rings. The van der Waals surface area contributed by atoms with Gasteiger partial charge in [0.2, 0.25) is 0 Å². The number of rotatable bonds is 4. The summed E-state index contributed by atoms with van der Waals surface area (Å²) in [5.41, 5.74) is 1.82. The maximum atomic E-state index is 12.3. The summed E-state index contributed by atoms with van der Waals surface area (Å²) in [6.45, 7) is 6.24. The number of aromatic nitrogens is 1. The van der Waals surface area contributed by atoms with Crippen LogP contribution in [0.3, 0.4) is 0 Å². The molecule has 2 aromatic rings. The number of carbonyl (C=O) groups is 1. The zero-order valence-electron chi connectivity index (χ0n) is 13.7. The van der Waals surface area contributed by atoms with E-state index in [1.807, 2.05) is 43.5 Å². The van der Waals surface area contributed by atoms with E-state index in [9.17, 15) is 4.79 Å². The van der Waals surface area contributed by atoms with Crippen LogP contribution in [0.4, 0.5) is 5.13 Å². The van der Waals surface area contributed by atoms with Crippen LogP contribution >= 0.6 is 22.9 Å². The van der Waals surface area contributed by atoms with E-state index in [-0.39, 0.29) is 18.1 Å². The number of carbonyl (C=O) groups excluding carboxylic acids is 1. The number of morpholine rings is 1. The van der Waals surface area contributed by atoms with Crippen LogP contribution in [-0.2, 0) is 9.53 Å². The monoisotopic (exact) mass is 366 g/mol. The van der Waals surface area contributed by atoms with Gasteiger partial charge in [-0.3, -0.25) is 10.1 Å². The highest BCUT2D eigenvalue weighted by Gasteiger charge is 2.27. The van der Waals surface area contributed by atoms with Gasteiger partial charge in [0.25, 0.3) is 5.91 Å². The molecular weight excluding hydrogens is 346 g/mol. The third-order valence-corrected chi connectivity index (χ3v) is 4.93. The molecule has 1 unspecified atom stereocenters. The van der Waals surface area contributed by atoms with Gasteiger partial charge in [-0.05, 0) is 26.0 Å². The van der Waals surface area contributed by atoms with E-state index in [4.69, 9.17) is 16.3 Å². The number of quaternary nitrogens is 1. The number of benzene rings is 1. The van der Waals surface area contributed by atoms with Gasteiger partial charge in [0.05, 0.1) is 5.69 Å². The highest BCUT2D eigenvalue weighted by Crippen LogP contribution is 2.25. The number of anilines is 1. The topological polar surface area (TPSA) is 55.7 Å². The molecular formula is C17H21ClN3O2S+. The van der Waals surface area contributed by atoms with Crippen LogP contribution in [0.25, 0.3) is 11.3 Å². The van der Waals surface area contributed by atoms with E-state index in [2.05, 4.69) is 10.3 Å². The van der Waals surface area contributed by atoms with E-state index in [0.717, 1.165) is 24.3 Å². The smallest absolute Gasteiger partial charge is 0.281 e. The van der Waals surface area contributed by atoms with Crippen molar-refractivity contribution in [1.29, 1.82) is 0 Å². The zero-order valence-corrected chi connectivity index (χ0v) is 15.3. The first kappa shape index (κ1) is 17.4. The van der Waals surface area contributed by atoms with Gasteiger partial charge in [-0.1, -0.05) is 23.7 Å². The average Bonchev–Trinajstić information content (AvgIpc) is 2.95. The average molecular weight is 367 g/mol. The summed E-state index contributed by atoms with van der Waals surface area (Å²) in [5, 5.41) is 6.15. The molecule has 3 rings (SSSR count). The molecule has 1 aromatic heterocycles. The van der Waals surface area contributed by atoms with E-state index >= 15 is 0 Å². The number of hydrogen-bond donors (Lipinski definition) is 2. The normalized spacial score (nSPS) is 23.9. The van der Waals surface area contributed by atoms with Crippen molar-refractivity contribution < 1.29 is 14.4 Å². The van der Waals surface area contributed by atoms with Gasteiger partial charge in [-0.15, -0.1) is 11.3 Å². The van der Waals surface area contributed by atoms with Crippen molar-refractivity contribution in [2.75, 3.05) is 25.0 Å². The molecule has 0 saturated carbocycles. The lowest BCUT2D eigenvalue weighted by atomic mass is 10.2. The van der Waals surface area contributed by atoms with Crippen LogP contribution in [0.15, 0.2) is 29.6 Å². The molecule has 1 aromatic carbocycles. The van der Waals surface area contributed by atoms with Crippen molar-refractivity contribution in [3.63, 3.8) is 0 Å². The second kappa shape index (κ2) is 7.61. The fourth-order valence-electron chi connectivity index (χ4n) is 3.01. The molecule has 1 amide bonds. The Morgan fingerprint density at radius 1 is 1.33 bits per heavy atom. The predicted molar refractivity (Wildman–Crippen MR) is 96.8 cm³/mol. The molecule has 24 heavy (non-hydrogen) atoms. The lowest BCUT2D eigenvalue weighted by molar-refractivity contribution is -0.907. The number of thiazole rings is 1. The van der Waals surface area contributed by atoms with Gasteiger partial charge < -0.3 is 9.64 Å². The van der Waals surface area contributed by atoms with Gasteiger partial charge >= 0.3 is 0 Å². The van der Waals surface area contributed by atoms with Crippen molar-refractivity contribution >= 4 is 34.0 Å². The van der Waals surface area contributed by atoms with Gasteiger partial charge in [-0.25, -0.2) is 4.98 Å². The number of nitrogens with zero attached hydrogens (tertiary/aromatic N) is 1. The van der Waals surface area contributed by atoms with Crippen LogP contribution in [0, 0.1) is 0 Å². The van der Waals surface area contributed by atoms with Crippen LogP contribution in [0.2, 0.25) is 5.02 Å². The molecule has 0 bridgehead atoms. The maximum absolute atomic E-state index is 12.3. The minimum atomic E-state index is -0.0108. The molecule has 1 saturated heterocycles. The Labute approximate surface area is 150 Å². The van der Waals surface area contributed by atoms with Crippen molar-refractivity contribution in [2.45, 2.75) is 26.1 Å². The van der Waals surface area contributed by atoms with Crippen molar-refractivity contribution in [1.82, 2.24) is 4.98 Å². The first-order valence-electron chi connectivity index (χ1n) is 8.00. The van der Waals surface area contributed by atoms with E-state index < -0.39 is 0 Å². The van der Waals surface area contributed by atoms with Gasteiger partial charge in [0, 0.05) is 16.0 Å². The van der Waals surface area contributed by atoms with E-state index in [1.54, 1.807) is 0 Å². The molecule has 0 spiro atoms. The molecule has 128 valence electrons. The maximum Gasteiger partial charge on any atom is 0.281 e. The summed E-state index contributed by atoms with van der Waals surface area (Å²) in [5.74, 6) is -0.0108. The lowest BCUT2D eigenvalue weighted by Gasteiger charge is -2.31. The fourth-order valence-corrected chi connectivity index (χ4v) is 3.87. The lowest BCUT2D eigenvalue weighted by Crippen LogP contribution is -3.16. The highest BCUT2D eigenvalue weighted by atomic mass is 35.5. The Morgan fingerprint density at radius 2 is 2.00 bits per heavy atom. The first-order chi connectivity index (χ1) is 11.5. The second-order valence-corrected chi connectivity index (χ2v) is 7.48. The fraction of sp³-hybridized carbons (Fsp3) is 0.412. The second-order valence-electron chi connectivity index (χ2n) is 6.19. The van der Waals surface area contributed by atoms with Crippen molar-refractivity contribution in [3.05, 3.63) is 34.7 Å². The van der Waals surface area contributed by atoms with Gasteiger partial charge in [0.1, 0.15) is 25.3 Å². The van der Waals surface area contributed by atoms with E-state index in [1.165, 1.54) is 16.2 Å². The SMILES string of the molecule is C[C@@H]1C[NH+](CC(=O)Nc2nc(-c3ccc(Cl)cc3)cs2)C[C@H](C)O1. The summed E-state index contributed by atoms with van der Waals surface area (Å²) >= 11 is 7.33. The number of hydrogen-bond acceptors (Lipinski definition) is 4. The molecule has 0 radical (unpaired) electrons. The summed E-state index contributed by atoms with van der Waals surface area (Å²) in [6.07, 6.45) is 0.376. The Kier molecular flexibility index (Phi) is 5.50. The summed E-state index contributed by atoms with van der Waals surface area (Å²) in [6, 6.07) is 7.50. The van der Waals surface area contributed by atoms with Crippen molar-refractivity contribution in [2.24, 2.45) is 0 Å². The Balaban J connectivity index is 1.58. The number of nitrogens with one attached hydrogen (secondary N) is 2. The number of halogens is 1. The summed E-state index contributed by atoms with van der Waals surface area (Å²) < 4.78 is 5.70. The molecule has 3 atom stereocenters. The largest absolute Gasteiger partial charge is 0.364 e. The summed E-state index contributed by atoms with van der Waals surface area (Å²) in [4.78, 5) is 18.0. The molecule has 2 N–H and O–H groups in total. The Morgan fingerprint density at radius 3 is 2.67 bits per heavy atom. The third-order valence-electron chi connectivity index (χ3n) is 3.92. The summed E-state index contributed by atoms with van der Waals surface area (Å²) in [7, 11) is 0. The standard InChI is InChI=1S/C17H20ClN3O2S/c1-11-7-21(8-12(2)23-11)9-16(22)20-17-19-15(10-24-17)13-3-5-14(18)6-4-13/h3-6,10-12H,7-9H2,1-2H3,(H,19,20,22)/p+1/t11-,12+. The molecule has 0 aliphatic carbocycles. The molecule has 5 nitrogen and oxygen atoms in total. The van der Waals surface area contributed by atoms with Crippen LogP contribution < -0.4 is 10.2 Å². The van der Waals surface area contributed by atoms with Gasteiger partial charge in [-0.2, -0.15) is 0 Å². The number of amides is 1. The van der Waals surface area contributed by atoms with Crippen LogP contribution in [0.1, 0.15) is 13.8 Å². The van der Waals surface area contributed by atoms with Crippen LogP contribution in [-0.4, -0.2) is 42.7 Å². The zero-order chi connectivity index (χ0) is 17.1. The molecule has 2 heterocycles. The van der Waals surface area contributed by atoms with E-state index in [0.29, 0.717) is 16.7 Å². The van der Waals surface area contributed by atoms with Gasteiger partial charge in [0.15, 0.2) is 11.7 Å². The first-order valence-corrected chi connectivity index (χ1v) is 9.25. The molecule has 1 aliphatic heterocycles.